The first-order valence-electron chi connectivity index (χ1n) is 9.18. The van der Waals surface area contributed by atoms with Gasteiger partial charge in [0, 0.05) is 15.7 Å². The maximum absolute atomic E-state index is 13.2. The van der Waals surface area contributed by atoms with Gasteiger partial charge < -0.3 is 0 Å². The standard InChI is InChI=1S/C23H16IN3O3/c24-18-9-12-21-20(14-18)23(28)26(15-17-4-2-1-3-5-17)22(25-21)13-8-16-6-10-19(11-7-16)27(29)30/h1-14H,15H2. The molecular formula is C23H16IN3O3. The Bertz CT molecular complexity index is 1310. The molecule has 0 aliphatic heterocycles. The van der Waals surface area contributed by atoms with Crippen molar-refractivity contribution in [2.75, 3.05) is 0 Å². The molecule has 0 fully saturated rings. The van der Waals surface area contributed by atoms with Gasteiger partial charge >= 0.3 is 0 Å². The third-order valence-electron chi connectivity index (χ3n) is 4.66. The zero-order valence-electron chi connectivity index (χ0n) is 15.7. The number of hydrogen-bond donors (Lipinski definition) is 0. The Morgan fingerprint density at radius 2 is 1.73 bits per heavy atom. The maximum Gasteiger partial charge on any atom is 0.269 e. The third-order valence-corrected chi connectivity index (χ3v) is 5.33. The fourth-order valence-corrected chi connectivity index (χ4v) is 3.63. The predicted molar refractivity (Wildman–Crippen MR) is 126 cm³/mol. The van der Waals surface area contributed by atoms with Gasteiger partial charge in [-0.25, -0.2) is 4.98 Å². The SMILES string of the molecule is O=c1c2cc(I)ccc2nc(C=Cc2ccc([N+](=O)[O-])cc2)n1Cc1ccccc1. The van der Waals surface area contributed by atoms with Crippen LogP contribution in [-0.4, -0.2) is 14.5 Å². The number of halogens is 1. The lowest BCUT2D eigenvalue weighted by molar-refractivity contribution is -0.384. The van der Waals surface area contributed by atoms with Crippen molar-refractivity contribution in [3.05, 3.63) is 114 Å². The van der Waals surface area contributed by atoms with Crippen LogP contribution in [0.15, 0.2) is 77.6 Å². The number of benzene rings is 3. The Labute approximate surface area is 185 Å². The molecule has 7 heteroatoms. The molecule has 0 aliphatic carbocycles. The molecule has 0 atom stereocenters. The molecule has 0 aliphatic rings. The van der Waals surface area contributed by atoms with Gasteiger partial charge in [-0.2, -0.15) is 0 Å². The minimum atomic E-state index is -0.433. The van der Waals surface area contributed by atoms with Crippen LogP contribution < -0.4 is 5.56 Å². The van der Waals surface area contributed by atoms with E-state index in [2.05, 4.69) is 22.6 Å². The van der Waals surface area contributed by atoms with E-state index >= 15 is 0 Å². The molecule has 0 saturated heterocycles. The van der Waals surface area contributed by atoms with E-state index in [1.807, 2.05) is 48.5 Å². The summed E-state index contributed by atoms with van der Waals surface area (Å²) in [6.45, 7) is 0.397. The molecule has 4 rings (SSSR count). The summed E-state index contributed by atoms with van der Waals surface area (Å²) in [5.74, 6) is 0.524. The molecular weight excluding hydrogens is 493 g/mol. The summed E-state index contributed by atoms with van der Waals surface area (Å²) in [4.78, 5) is 28.3. The first-order valence-corrected chi connectivity index (χ1v) is 10.3. The van der Waals surface area contributed by atoms with E-state index in [1.165, 1.54) is 12.1 Å². The summed E-state index contributed by atoms with van der Waals surface area (Å²) in [6, 6.07) is 21.6. The molecule has 4 aromatic rings. The average molecular weight is 509 g/mol. The number of nitro benzene ring substituents is 1. The van der Waals surface area contributed by atoms with Crippen LogP contribution in [-0.2, 0) is 6.54 Å². The summed E-state index contributed by atoms with van der Waals surface area (Å²) >= 11 is 2.18. The monoisotopic (exact) mass is 509 g/mol. The second-order valence-electron chi connectivity index (χ2n) is 6.69. The first-order chi connectivity index (χ1) is 14.5. The van der Waals surface area contributed by atoms with E-state index in [0.29, 0.717) is 23.3 Å². The fourth-order valence-electron chi connectivity index (χ4n) is 3.13. The summed E-state index contributed by atoms with van der Waals surface area (Å²) in [5.41, 5.74) is 2.34. The number of rotatable bonds is 5. The molecule has 0 N–H and O–H groups in total. The second kappa shape index (κ2) is 8.58. The second-order valence-corrected chi connectivity index (χ2v) is 7.94. The third kappa shape index (κ3) is 4.30. The first kappa shape index (κ1) is 20.0. The largest absolute Gasteiger partial charge is 0.288 e. The summed E-state index contributed by atoms with van der Waals surface area (Å²) < 4.78 is 2.62. The van der Waals surface area contributed by atoms with Crippen LogP contribution in [0.1, 0.15) is 17.0 Å². The molecule has 0 unspecified atom stereocenters. The average Bonchev–Trinajstić information content (AvgIpc) is 2.76. The normalized spacial score (nSPS) is 11.2. The Hall–Kier alpha value is -3.33. The molecule has 1 heterocycles. The minimum Gasteiger partial charge on any atom is -0.288 e. The van der Waals surface area contributed by atoms with Crippen molar-refractivity contribution in [2.45, 2.75) is 6.54 Å². The van der Waals surface area contributed by atoms with Crippen molar-refractivity contribution in [3.63, 3.8) is 0 Å². The topological polar surface area (TPSA) is 78.0 Å². The summed E-state index contributed by atoms with van der Waals surface area (Å²) in [6.07, 6.45) is 3.56. The van der Waals surface area contributed by atoms with E-state index in [-0.39, 0.29) is 11.2 Å². The van der Waals surface area contributed by atoms with Crippen LogP contribution in [0.3, 0.4) is 0 Å². The lowest BCUT2D eigenvalue weighted by Crippen LogP contribution is -2.24. The van der Waals surface area contributed by atoms with Crippen molar-refractivity contribution in [1.29, 1.82) is 0 Å². The minimum absolute atomic E-state index is 0.0339. The number of fused-ring (bicyclic) bond motifs is 1. The van der Waals surface area contributed by atoms with Gasteiger partial charge in [0.25, 0.3) is 11.2 Å². The molecule has 3 aromatic carbocycles. The molecule has 0 spiro atoms. The van der Waals surface area contributed by atoms with Crippen molar-refractivity contribution >= 4 is 51.3 Å². The Balaban J connectivity index is 1.80. The molecule has 30 heavy (non-hydrogen) atoms. The molecule has 148 valence electrons. The highest BCUT2D eigenvalue weighted by molar-refractivity contribution is 14.1. The Morgan fingerprint density at radius 1 is 1.00 bits per heavy atom. The zero-order valence-corrected chi connectivity index (χ0v) is 17.9. The van der Waals surface area contributed by atoms with Gasteiger partial charge in [0.05, 0.1) is 22.4 Å². The Morgan fingerprint density at radius 3 is 2.43 bits per heavy atom. The highest BCUT2D eigenvalue weighted by atomic mass is 127. The van der Waals surface area contributed by atoms with E-state index < -0.39 is 4.92 Å². The van der Waals surface area contributed by atoms with Gasteiger partial charge in [-0.3, -0.25) is 19.5 Å². The highest BCUT2D eigenvalue weighted by Gasteiger charge is 2.11. The molecule has 0 bridgehead atoms. The lowest BCUT2D eigenvalue weighted by atomic mass is 10.1. The lowest BCUT2D eigenvalue weighted by Gasteiger charge is -2.12. The van der Waals surface area contributed by atoms with Crippen molar-refractivity contribution in [3.8, 4) is 0 Å². The fraction of sp³-hybridized carbons (Fsp3) is 0.0435. The van der Waals surface area contributed by atoms with E-state index in [1.54, 1.807) is 28.9 Å². The quantitative estimate of drug-likeness (QED) is 0.212. The van der Waals surface area contributed by atoms with Gasteiger partial charge in [-0.15, -0.1) is 0 Å². The Kier molecular flexibility index (Phi) is 5.71. The van der Waals surface area contributed by atoms with Crippen LogP contribution in [0.2, 0.25) is 0 Å². The van der Waals surface area contributed by atoms with Crippen LogP contribution in [0.25, 0.3) is 23.1 Å². The molecule has 6 nitrogen and oxygen atoms in total. The number of non-ortho nitro benzene ring substituents is 1. The van der Waals surface area contributed by atoms with Crippen LogP contribution in [0.5, 0.6) is 0 Å². The van der Waals surface area contributed by atoms with Crippen LogP contribution in [0.4, 0.5) is 5.69 Å². The highest BCUT2D eigenvalue weighted by Crippen LogP contribution is 2.17. The van der Waals surface area contributed by atoms with E-state index in [9.17, 15) is 14.9 Å². The van der Waals surface area contributed by atoms with Gasteiger partial charge in [0.15, 0.2) is 0 Å². The zero-order chi connectivity index (χ0) is 21.1. The summed E-state index contributed by atoms with van der Waals surface area (Å²) in [7, 11) is 0. The smallest absolute Gasteiger partial charge is 0.269 e. The van der Waals surface area contributed by atoms with Gasteiger partial charge in [0.2, 0.25) is 0 Å². The predicted octanol–water partition coefficient (Wildman–Crippen LogP) is 5.13. The number of hydrogen-bond acceptors (Lipinski definition) is 4. The van der Waals surface area contributed by atoms with Crippen molar-refractivity contribution in [1.82, 2.24) is 9.55 Å². The van der Waals surface area contributed by atoms with Crippen LogP contribution >= 0.6 is 22.6 Å². The molecule has 0 radical (unpaired) electrons. The van der Waals surface area contributed by atoms with Gasteiger partial charge in [-0.05, 0) is 70.1 Å². The maximum atomic E-state index is 13.2. The molecule has 0 amide bonds. The van der Waals surface area contributed by atoms with E-state index in [0.717, 1.165) is 14.7 Å². The van der Waals surface area contributed by atoms with Crippen LogP contribution in [0, 0.1) is 13.7 Å². The number of aromatic nitrogens is 2. The van der Waals surface area contributed by atoms with E-state index in [4.69, 9.17) is 4.98 Å². The van der Waals surface area contributed by atoms with Crippen molar-refractivity contribution in [2.24, 2.45) is 0 Å². The van der Waals surface area contributed by atoms with Gasteiger partial charge in [0.1, 0.15) is 5.82 Å². The molecule has 0 saturated carbocycles. The summed E-state index contributed by atoms with van der Waals surface area (Å²) in [5, 5.41) is 11.4. The number of nitro groups is 1. The number of nitrogens with zero attached hydrogens (tertiary/aromatic N) is 3. The van der Waals surface area contributed by atoms with Crippen molar-refractivity contribution < 1.29 is 4.92 Å². The molecule has 1 aromatic heterocycles. The van der Waals surface area contributed by atoms with Gasteiger partial charge in [-0.1, -0.05) is 36.4 Å².